The van der Waals surface area contributed by atoms with E-state index in [4.69, 9.17) is 17.3 Å². The van der Waals surface area contributed by atoms with Crippen LogP contribution in [-0.2, 0) is 0 Å². The molecule has 1 aromatic heterocycles. The quantitative estimate of drug-likeness (QED) is 0.838. The first-order valence-electron chi connectivity index (χ1n) is 3.93. The molecule has 0 aliphatic heterocycles. The third-order valence-corrected chi connectivity index (χ3v) is 2.76. The number of nitrogens with zero attached hydrogens (tertiary/aromatic N) is 1. The van der Waals surface area contributed by atoms with E-state index in [1.54, 1.807) is 6.20 Å². The molecule has 2 rings (SSSR count). The van der Waals surface area contributed by atoms with Gasteiger partial charge in [-0.3, -0.25) is 5.10 Å². The van der Waals surface area contributed by atoms with Crippen molar-refractivity contribution >= 4 is 33.2 Å². The molecule has 1 heterocycles. The zero-order valence-electron chi connectivity index (χ0n) is 7.09. The SMILES string of the molecule is Nc1cn[nH]c1-c1ccc(Cl)cc1Br. The fourth-order valence-corrected chi connectivity index (χ4v) is 2.08. The van der Waals surface area contributed by atoms with E-state index in [1.165, 1.54) is 0 Å². The van der Waals surface area contributed by atoms with Crippen molar-refractivity contribution in [2.75, 3.05) is 5.73 Å². The van der Waals surface area contributed by atoms with Crippen molar-refractivity contribution in [2.45, 2.75) is 0 Å². The lowest BCUT2D eigenvalue weighted by Crippen LogP contribution is -1.87. The number of H-pyrrole nitrogens is 1. The van der Waals surface area contributed by atoms with Crippen LogP contribution >= 0.6 is 27.5 Å². The number of hydrogen-bond donors (Lipinski definition) is 2. The van der Waals surface area contributed by atoms with Crippen molar-refractivity contribution in [1.29, 1.82) is 0 Å². The number of nitrogens with two attached hydrogens (primary N) is 1. The number of aromatic amines is 1. The van der Waals surface area contributed by atoms with Crippen LogP contribution in [0.25, 0.3) is 11.3 Å². The predicted molar refractivity (Wildman–Crippen MR) is 61.1 cm³/mol. The second kappa shape index (κ2) is 3.63. The largest absolute Gasteiger partial charge is 0.396 e. The summed E-state index contributed by atoms with van der Waals surface area (Å²) >= 11 is 9.25. The number of halogens is 2. The minimum atomic E-state index is 0.619. The average Bonchev–Trinajstić information content (AvgIpc) is 2.52. The van der Waals surface area contributed by atoms with E-state index in [1.807, 2.05) is 18.2 Å². The molecule has 0 aliphatic carbocycles. The number of benzene rings is 1. The van der Waals surface area contributed by atoms with E-state index in [2.05, 4.69) is 26.1 Å². The van der Waals surface area contributed by atoms with E-state index in [0.717, 1.165) is 15.7 Å². The molecule has 0 saturated heterocycles. The van der Waals surface area contributed by atoms with Crippen LogP contribution in [-0.4, -0.2) is 10.2 Å². The summed E-state index contributed by atoms with van der Waals surface area (Å²) in [6.45, 7) is 0. The minimum absolute atomic E-state index is 0.619. The number of rotatable bonds is 1. The molecule has 0 unspecified atom stereocenters. The second-order valence-corrected chi connectivity index (χ2v) is 4.12. The Labute approximate surface area is 94.4 Å². The van der Waals surface area contributed by atoms with Crippen LogP contribution in [0, 0.1) is 0 Å². The topological polar surface area (TPSA) is 54.7 Å². The molecule has 0 saturated carbocycles. The number of nitrogens with one attached hydrogen (secondary N) is 1. The molecular formula is C9H7BrClN3. The first kappa shape index (κ1) is 9.55. The summed E-state index contributed by atoms with van der Waals surface area (Å²) in [7, 11) is 0. The molecule has 0 aliphatic rings. The highest BCUT2D eigenvalue weighted by molar-refractivity contribution is 9.10. The maximum atomic E-state index is 5.83. The van der Waals surface area contributed by atoms with Gasteiger partial charge in [0.05, 0.1) is 17.6 Å². The molecule has 0 spiro atoms. The molecule has 5 heteroatoms. The van der Waals surface area contributed by atoms with Gasteiger partial charge in [-0.05, 0) is 12.1 Å². The zero-order valence-corrected chi connectivity index (χ0v) is 9.43. The number of hydrogen-bond acceptors (Lipinski definition) is 2. The van der Waals surface area contributed by atoms with Crippen molar-refractivity contribution in [1.82, 2.24) is 10.2 Å². The van der Waals surface area contributed by atoms with Crippen molar-refractivity contribution in [3.8, 4) is 11.3 Å². The summed E-state index contributed by atoms with van der Waals surface area (Å²) in [5.74, 6) is 0. The Bertz CT molecular complexity index is 467. The van der Waals surface area contributed by atoms with Crippen LogP contribution in [0.3, 0.4) is 0 Å². The van der Waals surface area contributed by atoms with Gasteiger partial charge in [0.15, 0.2) is 0 Å². The summed E-state index contributed by atoms with van der Waals surface area (Å²) in [6, 6.07) is 5.51. The highest BCUT2D eigenvalue weighted by atomic mass is 79.9. The Hall–Kier alpha value is -1.000. The van der Waals surface area contributed by atoms with Gasteiger partial charge in [0.25, 0.3) is 0 Å². The Morgan fingerprint density at radius 1 is 1.43 bits per heavy atom. The van der Waals surface area contributed by atoms with Gasteiger partial charge >= 0.3 is 0 Å². The van der Waals surface area contributed by atoms with Gasteiger partial charge in [-0.25, -0.2) is 0 Å². The summed E-state index contributed by atoms with van der Waals surface area (Å²) in [6.07, 6.45) is 1.58. The highest BCUT2D eigenvalue weighted by Gasteiger charge is 2.08. The molecule has 0 fully saturated rings. The molecule has 72 valence electrons. The molecule has 14 heavy (non-hydrogen) atoms. The molecular weight excluding hydrogens is 265 g/mol. The molecule has 0 radical (unpaired) electrons. The first-order valence-corrected chi connectivity index (χ1v) is 5.10. The van der Waals surface area contributed by atoms with Gasteiger partial charge in [-0.1, -0.05) is 33.6 Å². The van der Waals surface area contributed by atoms with Crippen LogP contribution in [0.15, 0.2) is 28.9 Å². The van der Waals surface area contributed by atoms with Gasteiger partial charge < -0.3 is 5.73 Å². The van der Waals surface area contributed by atoms with E-state index >= 15 is 0 Å². The van der Waals surface area contributed by atoms with Gasteiger partial charge in [0.2, 0.25) is 0 Å². The molecule has 0 amide bonds. The number of nitrogen functional groups attached to an aromatic ring is 1. The molecule has 3 N–H and O–H groups in total. The van der Waals surface area contributed by atoms with Gasteiger partial charge in [-0.2, -0.15) is 5.10 Å². The van der Waals surface area contributed by atoms with Gasteiger partial charge in [0, 0.05) is 15.1 Å². The molecule has 2 aromatic rings. The molecule has 3 nitrogen and oxygen atoms in total. The van der Waals surface area contributed by atoms with Crippen molar-refractivity contribution in [2.24, 2.45) is 0 Å². The van der Waals surface area contributed by atoms with E-state index in [9.17, 15) is 0 Å². The average molecular weight is 273 g/mol. The zero-order chi connectivity index (χ0) is 10.1. The summed E-state index contributed by atoms with van der Waals surface area (Å²) in [5.41, 5.74) is 8.10. The Balaban J connectivity index is 2.58. The Morgan fingerprint density at radius 2 is 2.21 bits per heavy atom. The standard InChI is InChI=1S/C9H7BrClN3/c10-7-3-5(11)1-2-6(7)9-8(12)4-13-14-9/h1-4H,12H2,(H,13,14). The van der Waals surface area contributed by atoms with Crippen LogP contribution in [0.1, 0.15) is 0 Å². The van der Waals surface area contributed by atoms with Crippen molar-refractivity contribution in [3.05, 3.63) is 33.9 Å². The number of anilines is 1. The third-order valence-electron chi connectivity index (χ3n) is 1.87. The minimum Gasteiger partial charge on any atom is -0.396 e. The maximum Gasteiger partial charge on any atom is 0.0891 e. The van der Waals surface area contributed by atoms with E-state index in [0.29, 0.717) is 10.7 Å². The number of aromatic nitrogens is 2. The monoisotopic (exact) mass is 271 g/mol. The maximum absolute atomic E-state index is 5.83. The Kier molecular flexibility index (Phi) is 2.48. The van der Waals surface area contributed by atoms with Crippen LogP contribution < -0.4 is 5.73 Å². The van der Waals surface area contributed by atoms with Gasteiger partial charge in [-0.15, -0.1) is 0 Å². The van der Waals surface area contributed by atoms with Gasteiger partial charge in [0.1, 0.15) is 0 Å². The third kappa shape index (κ3) is 1.63. The van der Waals surface area contributed by atoms with Crippen LogP contribution in [0.5, 0.6) is 0 Å². The lowest BCUT2D eigenvalue weighted by atomic mass is 10.1. The smallest absolute Gasteiger partial charge is 0.0891 e. The molecule has 1 aromatic carbocycles. The fraction of sp³-hybridized carbons (Fsp3) is 0. The normalized spacial score (nSPS) is 10.4. The highest BCUT2D eigenvalue weighted by Crippen LogP contribution is 2.32. The van der Waals surface area contributed by atoms with E-state index < -0.39 is 0 Å². The summed E-state index contributed by atoms with van der Waals surface area (Å²) < 4.78 is 0.890. The fourth-order valence-electron chi connectivity index (χ4n) is 1.20. The van der Waals surface area contributed by atoms with E-state index in [-0.39, 0.29) is 0 Å². The summed E-state index contributed by atoms with van der Waals surface area (Å²) in [5, 5.41) is 7.37. The molecule has 0 bridgehead atoms. The molecule has 0 atom stereocenters. The van der Waals surface area contributed by atoms with Crippen molar-refractivity contribution < 1.29 is 0 Å². The second-order valence-electron chi connectivity index (χ2n) is 2.82. The Morgan fingerprint density at radius 3 is 2.79 bits per heavy atom. The van der Waals surface area contributed by atoms with Crippen molar-refractivity contribution in [3.63, 3.8) is 0 Å². The van der Waals surface area contributed by atoms with Crippen LogP contribution in [0.2, 0.25) is 5.02 Å². The summed E-state index contributed by atoms with van der Waals surface area (Å²) in [4.78, 5) is 0. The lowest BCUT2D eigenvalue weighted by Gasteiger charge is -2.03. The first-order chi connectivity index (χ1) is 6.68. The predicted octanol–water partition coefficient (Wildman–Crippen LogP) is 3.07. The van der Waals surface area contributed by atoms with Crippen LogP contribution in [0.4, 0.5) is 5.69 Å². The lowest BCUT2D eigenvalue weighted by molar-refractivity contribution is 1.09.